The van der Waals surface area contributed by atoms with Crippen LogP contribution in [0.15, 0.2) is 39.5 Å². The average molecular weight is 861 g/mol. The van der Waals surface area contributed by atoms with Gasteiger partial charge in [0.25, 0.3) is 10.1 Å². The molecule has 3 rings (SSSR count). The largest absolute Gasteiger partial charge is 0.508 e. The maximum atomic E-state index is 12.2. The van der Waals surface area contributed by atoms with E-state index in [0.29, 0.717) is 61.6 Å². The lowest BCUT2D eigenvalue weighted by Crippen LogP contribution is -2.25. The lowest BCUT2D eigenvalue weighted by atomic mass is 9.99. The fourth-order valence-electron chi connectivity index (χ4n) is 4.59. The topological polar surface area (TPSA) is 278 Å². The summed E-state index contributed by atoms with van der Waals surface area (Å²) in [5.74, 6) is -2.05. The molecular formula is C39H56O19S. The highest BCUT2D eigenvalue weighted by molar-refractivity contribution is 7.85. The Bertz CT molecular complexity index is 1930. The molecule has 0 fully saturated rings. The highest BCUT2D eigenvalue weighted by Crippen LogP contribution is 2.33. The second kappa shape index (κ2) is 28.9. The number of hydrogen-bond donors (Lipinski definition) is 4. The van der Waals surface area contributed by atoms with Crippen LogP contribution in [0.1, 0.15) is 58.1 Å². The van der Waals surface area contributed by atoms with Gasteiger partial charge < -0.3 is 52.9 Å². The molecule has 1 atom stereocenters. The number of methoxy groups -OCH3 is 2. The van der Waals surface area contributed by atoms with Gasteiger partial charge in [0.2, 0.25) is 0 Å². The van der Waals surface area contributed by atoms with Gasteiger partial charge in [-0.15, -0.1) is 0 Å². The van der Waals surface area contributed by atoms with Crippen molar-refractivity contribution >= 4 is 44.8 Å². The summed E-state index contributed by atoms with van der Waals surface area (Å²) < 4.78 is 65.8. The Labute approximate surface area is 342 Å². The molecule has 59 heavy (non-hydrogen) atoms. The van der Waals surface area contributed by atoms with Crippen LogP contribution in [-0.4, -0.2) is 119 Å². The Morgan fingerprint density at radius 2 is 1.27 bits per heavy atom. The fraction of sp³-hybridized carbons (Fsp3) is 0.513. The summed E-state index contributed by atoms with van der Waals surface area (Å²) in [7, 11) is -0.543. The maximum Gasteiger partial charge on any atom is 0.339 e. The lowest BCUT2D eigenvalue weighted by molar-refractivity contribution is -0.152. The van der Waals surface area contributed by atoms with Crippen molar-refractivity contribution in [2.75, 3.05) is 66.7 Å². The summed E-state index contributed by atoms with van der Waals surface area (Å²) in [6.07, 6.45) is 1.24. The second-order valence-corrected chi connectivity index (χ2v) is 13.4. The third-order valence-corrected chi connectivity index (χ3v) is 7.29. The van der Waals surface area contributed by atoms with Gasteiger partial charge in [-0.2, -0.15) is 8.42 Å². The summed E-state index contributed by atoms with van der Waals surface area (Å²) in [6.45, 7) is 10.5. The third kappa shape index (κ3) is 22.9. The number of aryl methyl sites for hydroxylation is 1. The first-order valence-corrected chi connectivity index (χ1v) is 20.0. The van der Waals surface area contributed by atoms with Gasteiger partial charge in [0.05, 0.1) is 39.3 Å². The van der Waals surface area contributed by atoms with E-state index in [4.69, 9.17) is 47.2 Å². The van der Waals surface area contributed by atoms with Crippen molar-refractivity contribution < 1.29 is 85.0 Å². The van der Waals surface area contributed by atoms with E-state index in [1.807, 2.05) is 0 Å². The summed E-state index contributed by atoms with van der Waals surface area (Å²) in [5, 5.41) is 28.9. The number of carbonyl (C=O) groups is 4. The molecule has 4 N–H and O–H groups in total. The van der Waals surface area contributed by atoms with Crippen molar-refractivity contribution in [3.05, 3.63) is 51.9 Å². The van der Waals surface area contributed by atoms with E-state index in [1.165, 1.54) is 31.2 Å². The highest BCUT2D eigenvalue weighted by Gasteiger charge is 2.25. The molecule has 0 saturated heterocycles. The zero-order valence-electron chi connectivity index (χ0n) is 34.6. The highest BCUT2D eigenvalue weighted by atomic mass is 32.2. The van der Waals surface area contributed by atoms with Crippen molar-refractivity contribution in [3.63, 3.8) is 0 Å². The van der Waals surface area contributed by atoms with E-state index in [-0.39, 0.29) is 79.2 Å². The number of phenolic OH excluding ortho intramolecular Hbond substituents is 3. The summed E-state index contributed by atoms with van der Waals surface area (Å²) in [4.78, 5) is 57.3. The number of phenols is 3. The molecule has 19 nitrogen and oxygen atoms in total. The molecule has 3 aromatic rings. The Balaban J connectivity index is 0.000000853. The number of aromatic hydroxyl groups is 3. The predicted molar refractivity (Wildman–Crippen MR) is 212 cm³/mol. The molecule has 0 spiro atoms. The molecule has 0 aliphatic rings. The zero-order valence-corrected chi connectivity index (χ0v) is 35.4. The molecule has 0 aliphatic carbocycles. The third-order valence-electron chi connectivity index (χ3n) is 7.29. The summed E-state index contributed by atoms with van der Waals surface area (Å²) >= 11 is 0. The van der Waals surface area contributed by atoms with Crippen LogP contribution in [0.3, 0.4) is 0 Å². The number of hydrogen-bond acceptors (Lipinski definition) is 18. The molecule has 0 bridgehead atoms. The molecule has 1 unspecified atom stereocenters. The number of rotatable bonds is 19. The van der Waals surface area contributed by atoms with E-state index in [9.17, 15) is 42.6 Å². The molecule has 1 heterocycles. The van der Waals surface area contributed by atoms with Gasteiger partial charge in [-0.25, -0.2) is 4.79 Å². The van der Waals surface area contributed by atoms with Crippen LogP contribution in [-0.2, 0) is 59.4 Å². The van der Waals surface area contributed by atoms with Gasteiger partial charge in [-0.3, -0.25) is 23.7 Å². The van der Waals surface area contributed by atoms with Crippen LogP contribution in [0.4, 0.5) is 0 Å². The van der Waals surface area contributed by atoms with E-state index in [1.54, 1.807) is 48.0 Å². The van der Waals surface area contributed by atoms with Gasteiger partial charge in [0, 0.05) is 50.1 Å². The Morgan fingerprint density at radius 1 is 0.763 bits per heavy atom. The van der Waals surface area contributed by atoms with E-state index in [2.05, 4.69) is 0 Å². The van der Waals surface area contributed by atoms with Gasteiger partial charge in [0.15, 0.2) is 23.0 Å². The predicted octanol–water partition coefficient (Wildman–Crippen LogP) is 4.05. The van der Waals surface area contributed by atoms with Crippen LogP contribution in [0.5, 0.6) is 28.7 Å². The molecule has 0 amide bonds. The number of benzene rings is 2. The van der Waals surface area contributed by atoms with Gasteiger partial charge in [-0.05, 0) is 71.2 Å². The van der Waals surface area contributed by atoms with Gasteiger partial charge in [-0.1, -0.05) is 0 Å². The van der Waals surface area contributed by atoms with Crippen molar-refractivity contribution in [3.8, 4) is 28.7 Å². The van der Waals surface area contributed by atoms with Gasteiger partial charge in [0.1, 0.15) is 36.2 Å². The first kappa shape index (κ1) is 53.6. The number of esters is 3. The second-order valence-electron chi connectivity index (χ2n) is 11.9. The van der Waals surface area contributed by atoms with E-state index >= 15 is 0 Å². The number of ether oxygens (including phenoxy) is 7. The molecule has 332 valence electrons. The van der Waals surface area contributed by atoms with Crippen LogP contribution < -0.4 is 15.1 Å². The summed E-state index contributed by atoms with van der Waals surface area (Å²) in [6, 6.07) is 7.14. The first-order valence-electron chi connectivity index (χ1n) is 18.2. The zero-order chi connectivity index (χ0) is 45.1. The molecule has 20 heteroatoms. The molecule has 0 saturated carbocycles. The minimum Gasteiger partial charge on any atom is -0.508 e. The van der Waals surface area contributed by atoms with Crippen LogP contribution in [0, 0.1) is 12.8 Å². The van der Waals surface area contributed by atoms with Crippen molar-refractivity contribution in [2.45, 2.75) is 60.3 Å². The first-order chi connectivity index (χ1) is 27.7. The molecule has 2 aromatic carbocycles. The minimum atomic E-state index is -3.67. The molecule has 0 aliphatic heterocycles. The molecule has 1 aromatic heterocycles. The van der Waals surface area contributed by atoms with Gasteiger partial charge >= 0.3 is 23.5 Å². The van der Waals surface area contributed by atoms with Crippen molar-refractivity contribution in [1.29, 1.82) is 0 Å². The average Bonchev–Trinajstić information content (AvgIpc) is 3.13. The van der Waals surface area contributed by atoms with Crippen molar-refractivity contribution in [1.82, 2.24) is 0 Å². The number of fused-ring (bicyclic) bond motifs is 1. The maximum absolute atomic E-state index is 12.2. The Hall–Kier alpha value is -5.44. The monoisotopic (exact) mass is 860 g/mol. The minimum absolute atomic E-state index is 0.0107. The van der Waals surface area contributed by atoms with Crippen LogP contribution in [0.25, 0.3) is 11.0 Å². The number of ketones is 1. The van der Waals surface area contributed by atoms with E-state index < -0.39 is 33.6 Å². The number of carbonyl (C=O) groups excluding carboxylic acids is 4. The SMILES string of the molecule is CCOC(=O)CCC(C(C)=O)C(=O)OCC.CCOC(=O)CCc1c(C)c2cc(OCCOC)c(O)cc2oc1=O.COCCOc1ccc(O)cc1O.CS(=O)(=O)O. The lowest BCUT2D eigenvalue weighted by Gasteiger charge is -2.11. The standard InChI is InChI=1S/C18H22O7.C11H18O5.C9H12O4.CH4O3S/c1-4-23-17(20)6-5-12-11(2)13-9-16(24-8-7-22-3)14(19)10-15(13)25-18(12)21;1-4-15-10(13)7-6-9(8(3)12)11(14)16-5-2;1-12-4-5-13-9-3-2-7(10)6-8(9)11;1-5(2,3)4/h9-10,19H,4-8H2,1-3H3;9H,4-7H2,1-3H3;2-3,6,10-11H,4-5H2,1H3;1H3,(H,2,3,4). The van der Waals surface area contributed by atoms with Crippen LogP contribution in [0.2, 0.25) is 0 Å². The smallest absolute Gasteiger partial charge is 0.339 e. The normalized spacial score (nSPS) is 10.9. The quantitative estimate of drug-likeness (QED) is 0.0330. The van der Waals surface area contributed by atoms with Crippen LogP contribution >= 0.6 is 0 Å². The number of Topliss-reactive ketones (excluding diaryl/α,β-unsaturated/α-hetero) is 1. The summed E-state index contributed by atoms with van der Waals surface area (Å²) in [5.41, 5.74) is 0.835. The molecular weight excluding hydrogens is 804 g/mol. The fourth-order valence-corrected chi connectivity index (χ4v) is 4.59. The Morgan fingerprint density at radius 3 is 1.76 bits per heavy atom. The van der Waals surface area contributed by atoms with Crippen molar-refractivity contribution in [2.24, 2.45) is 5.92 Å². The van der Waals surface area contributed by atoms with E-state index in [0.717, 1.165) is 0 Å². The molecule has 0 radical (unpaired) electrons. The Kier molecular flexibility index (Phi) is 26.2.